The quantitative estimate of drug-likeness (QED) is 0.411. The normalized spacial score (nSPS) is 14.3. The van der Waals surface area contributed by atoms with Crippen molar-refractivity contribution in [2.45, 2.75) is 13.3 Å². The van der Waals surface area contributed by atoms with Crippen molar-refractivity contribution in [3.8, 4) is 11.6 Å². The van der Waals surface area contributed by atoms with Crippen LogP contribution >= 0.6 is 11.3 Å². The lowest BCUT2D eigenvalue weighted by atomic mass is 10.1. The van der Waals surface area contributed by atoms with Gasteiger partial charge in [-0.25, -0.2) is 19.3 Å². The molecule has 1 aliphatic rings. The van der Waals surface area contributed by atoms with Crippen molar-refractivity contribution in [3.63, 3.8) is 0 Å². The highest BCUT2D eigenvalue weighted by Crippen LogP contribution is 2.34. The Labute approximate surface area is 206 Å². The van der Waals surface area contributed by atoms with Gasteiger partial charge in [0.05, 0.1) is 4.70 Å². The summed E-state index contributed by atoms with van der Waals surface area (Å²) >= 11 is 1.39. The second kappa shape index (κ2) is 10.3. The molecule has 1 amide bonds. The van der Waals surface area contributed by atoms with Gasteiger partial charge in [-0.3, -0.25) is 9.69 Å². The third kappa shape index (κ3) is 5.72. The van der Waals surface area contributed by atoms with Gasteiger partial charge in [-0.2, -0.15) is 0 Å². The molecule has 1 fully saturated rings. The van der Waals surface area contributed by atoms with Gasteiger partial charge in [0.15, 0.2) is 10.9 Å². The van der Waals surface area contributed by atoms with Gasteiger partial charge in [0, 0.05) is 45.7 Å². The summed E-state index contributed by atoms with van der Waals surface area (Å²) in [5.41, 5.74) is 1.82. The zero-order valence-electron chi connectivity index (χ0n) is 19.3. The van der Waals surface area contributed by atoms with E-state index in [2.05, 4.69) is 30.1 Å². The third-order valence-electron chi connectivity index (χ3n) is 5.83. The largest absolute Gasteiger partial charge is 0.437 e. The molecule has 0 bridgehead atoms. The van der Waals surface area contributed by atoms with Gasteiger partial charge in [-0.15, -0.1) is 0 Å². The molecule has 35 heavy (non-hydrogen) atoms. The fraction of sp³-hybridized carbons (Fsp3) is 0.280. The van der Waals surface area contributed by atoms with Crippen LogP contribution in [-0.2, 0) is 11.2 Å². The van der Waals surface area contributed by atoms with E-state index in [4.69, 9.17) is 4.74 Å². The Morgan fingerprint density at radius 3 is 2.69 bits per heavy atom. The van der Waals surface area contributed by atoms with Crippen molar-refractivity contribution < 1.29 is 13.9 Å². The molecule has 0 aliphatic carbocycles. The number of hydrogen-bond donors (Lipinski definition) is 1. The van der Waals surface area contributed by atoms with Crippen LogP contribution in [-0.4, -0.2) is 58.5 Å². The second-order valence-electron chi connectivity index (χ2n) is 8.32. The molecule has 4 aromatic rings. The maximum atomic E-state index is 13.1. The summed E-state index contributed by atoms with van der Waals surface area (Å²) in [4.78, 5) is 29.2. The van der Waals surface area contributed by atoms with Gasteiger partial charge >= 0.3 is 0 Å². The predicted molar refractivity (Wildman–Crippen MR) is 135 cm³/mol. The van der Waals surface area contributed by atoms with E-state index in [9.17, 15) is 9.18 Å². The van der Waals surface area contributed by atoms with Crippen molar-refractivity contribution in [3.05, 3.63) is 66.2 Å². The summed E-state index contributed by atoms with van der Waals surface area (Å²) in [6.45, 7) is 5.94. The van der Waals surface area contributed by atoms with Gasteiger partial charge in [0.25, 0.3) is 0 Å². The molecule has 0 radical (unpaired) electrons. The zero-order chi connectivity index (χ0) is 24.2. The number of amides is 1. The highest BCUT2D eigenvalue weighted by Gasteiger charge is 2.19. The number of thiazole rings is 1. The Kier molecular flexibility index (Phi) is 6.82. The number of nitrogens with one attached hydrogen (secondary N) is 1. The van der Waals surface area contributed by atoms with Crippen LogP contribution < -0.4 is 15.0 Å². The van der Waals surface area contributed by atoms with Crippen LogP contribution in [0.4, 0.5) is 15.3 Å². The minimum absolute atomic E-state index is 0.164. The third-order valence-corrected chi connectivity index (χ3v) is 6.77. The number of piperazine rings is 1. The fourth-order valence-electron chi connectivity index (χ4n) is 4.02. The van der Waals surface area contributed by atoms with Crippen LogP contribution in [0.5, 0.6) is 11.6 Å². The summed E-state index contributed by atoms with van der Waals surface area (Å²) in [7, 11) is 0. The molecule has 10 heteroatoms. The van der Waals surface area contributed by atoms with E-state index >= 15 is 0 Å². The van der Waals surface area contributed by atoms with Crippen molar-refractivity contribution in [1.82, 2.24) is 19.9 Å². The Morgan fingerprint density at radius 2 is 1.91 bits per heavy atom. The number of anilines is 2. The maximum Gasteiger partial charge on any atom is 0.224 e. The lowest BCUT2D eigenvalue weighted by Crippen LogP contribution is -2.47. The zero-order valence-corrected chi connectivity index (χ0v) is 20.1. The molecule has 0 spiro atoms. The summed E-state index contributed by atoms with van der Waals surface area (Å²) < 4.78 is 20.1. The summed E-state index contributed by atoms with van der Waals surface area (Å²) in [5.74, 6) is 1.47. The standard InChI is InChI=1S/C25H25FN6O2S/c1-17(33)29-25-30-24-20(3-2-4-21(24)35-25)34-23-15-22(27-16-28-23)32-13-11-31(12-14-32)10-9-18-5-7-19(26)8-6-18/h2-8,15-16H,9-14H2,1H3,(H,29,30,33). The van der Waals surface area contributed by atoms with E-state index in [1.165, 1.54) is 36.7 Å². The molecular formula is C25H25FN6O2S. The Bertz CT molecular complexity index is 1320. The lowest BCUT2D eigenvalue weighted by molar-refractivity contribution is -0.114. The van der Waals surface area contributed by atoms with Crippen LogP contribution in [0.15, 0.2) is 54.9 Å². The van der Waals surface area contributed by atoms with E-state index in [1.807, 2.05) is 36.4 Å². The second-order valence-corrected chi connectivity index (χ2v) is 9.36. The Hall–Kier alpha value is -3.63. The minimum atomic E-state index is -0.200. The number of benzene rings is 2. The molecule has 2 aromatic heterocycles. The van der Waals surface area contributed by atoms with Crippen molar-refractivity contribution in [1.29, 1.82) is 0 Å². The number of fused-ring (bicyclic) bond motifs is 1. The summed E-state index contributed by atoms with van der Waals surface area (Å²) in [5, 5.41) is 3.25. The Balaban J connectivity index is 1.21. The number of carbonyl (C=O) groups excluding carboxylic acids is 1. The first-order valence-electron chi connectivity index (χ1n) is 11.4. The van der Waals surface area contributed by atoms with Gasteiger partial charge in [-0.05, 0) is 36.2 Å². The van der Waals surface area contributed by atoms with Crippen molar-refractivity contribution in [2.75, 3.05) is 42.9 Å². The number of aromatic nitrogens is 3. The molecule has 1 aliphatic heterocycles. The average molecular weight is 493 g/mol. The molecule has 180 valence electrons. The molecule has 8 nitrogen and oxygen atoms in total. The van der Waals surface area contributed by atoms with Crippen LogP contribution in [0.25, 0.3) is 10.2 Å². The molecule has 3 heterocycles. The first-order chi connectivity index (χ1) is 17.0. The lowest BCUT2D eigenvalue weighted by Gasteiger charge is -2.35. The number of rotatable bonds is 7. The topological polar surface area (TPSA) is 83.5 Å². The smallest absolute Gasteiger partial charge is 0.224 e. The van der Waals surface area contributed by atoms with Gasteiger partial charge in [0.1, 0.15) is 23.5 Å². The highest BCUT2D eigenvalue weighted by atomic mass is 32.1. The van der Waals surface area contributed by atoms with Crippen LogP contribution in [0.2, 0.25) is 0 Å². The number of hydrogen-bond acceptors (Lipinski definition) is 8. The Morgan fingerprint density at radius 1 is 1.11 bits per heavy atom. The molecule has 5 rings (SSSR count). The van der Waals surface area contributed by atoms with Gasteiger partial charge in [-0.1, -0.05) is 29.5 Å². The first-order valence-corrected chi connectivity index (χ1v) is 12.2. The molecule has 1 saturated heterocycles. The van der Waals surface area contributed by atoms with Crippen LogP contribution in [0, 0.1) is 5.82 Å². The molecular weight excluding hydrogens is 467 g/mol. The molecule has 0 atom stereocenters. The van der Waals surface area contributed by atoms with Crippen molar-refractivity contribution in [2.24, 2.45) is 0 Å². The van der Waals surface area contributed by atoms with Gasteiger partial charge in [0.2, 0.25) is 11.8 Å². The van der Waals surface area contributed by atoms with E-state index in [-0.39, 0.29) is 11.7 Å². The molecule has 2 aromatic carbocycles. The monoisotopic (exact) mass is 492 g/mol. The fourth-order valence-corrected chi connectivity index (χ4v) is 4.95. The van der Waals surface area contributed by atoms with E-state index in [0.717, 1.165) is 55.2 Å². The number of carbonyl (C=O) groups is 1. The van der Waals surface area contributed by atoms with Crippen LogP contribution in [0.3, 0.4) is 0 Å². The molecule has 0 saturated carbocycles. The first kappa shape index (κ1) is 23.1. The van der Waals surface area contributed by atoms with E-state index in [0.29, 0.717) is 22.3 Å². The SMILES string of the molecule is CC(=O)Nc1nc2c(Oc3cc(N4CCN(CCc5ccc(F)cc5)CC4)ncn3)cccc2s1. The van der Waals surface area contributed by atoms with E-state index < -0.39 is 0 Å². The molecule has 0 unspecified atom stereocenters. The minimum Gasteiger partial charge on any atom is -0.437 e. The van der Waals surface area contributed by atoms with Crippen molar-refractivity contribution >= 4 is 38.4 Å². The maximum absolute atomic E-state index is 13.1. The number of ether oxygens (including phenoxy) is 1. The predicted octanol–water partition coefficient (Wildman–Crippen LogP) is 4.34. The highest BCUT2D eigenvalue weighted by molar-refractivity contribution is 7.22. The van der Waals surface area contributed by atoms with Gasteiger partial charge < -0.3 is 15.0 Å². The number of halogens is 1. The summed E-state index contributed by atoms with van der Waals surface area (Å²) in [6, 6.07) is 14.2. The average Bonchev–Trinajstić information content (AvgIpc) is 3.27. The molecule has 1 N–H and O–H groups in total. The van der Waals surface area contributed by atoms with Crippen LogP contribution in [0.1, 0.15) is 12.5 Å². The van der Waals surface area contributed by atoms with E-state index in [1.54, 1.807) is 0 Å². The number of nitrogens with zero attached hydrogens (tertiary/aromatic N) is 5. The summed E-state index contributed by atoms with van der Waals surface area (Å²) in [6.07, 6.45) is 2.41. The number of para-hydroxylation sites is 1.